The van der Waals surface area contributed by atoms with Crippen LogP contribution in [0.25, 0.3) is 0 Å². The number of methoxy groups -OCH3 is 1. The SMILES string of the molecule is COc1ccc(OC(F)(F)F)cc1[C@@H](N)CCC(F)(F)F. The van der Waals surface area contributed by atoms with Crippen LogP contribution in [-0.4, -0.2) is 19.6 Å². The van der Waals surface area contributed by atoms with Crippen LogP contribution >= 0.6 is 0 Å². The van der Waals surface area contributed by atoms with Crippen molar-refractivity contribution in [2.24, 2.45) is 5.73 Å². The number of ether oxygens (including phenoxy) is 2. The molecule has 1 aromatic carbocycles. The third kappa shape index (κ3) is 6.11. The summed E-state index contributed by atoms with van der Waals surface area (Å²) in [6, 6.07) is 1.95. The number of hydrogen-bond acceptors (Lipinski definition) is 3. The second kappa shape index (κ2) is 6.42. The normalized spacial score (nSPS) is 13.9. The lowest BCUT2D eigenvalue weighted by molar-refractivity contribution is -0.274. The minimum Gasteiger partial charge on any atom is -0.496 e. The zero-order valence-corrected chi connectivity index (χ0v) is 10.9. The zero-order chi connectivity index (χ0) is 16.3. The van der Waals surface area contributed by atoms with E-state index >= 15 is 0 Å². The summed E-state index contributed by atoms with van der Waals surface area (Å²) in [7, 11) is 1.24. The molecule has 0 fully saturated rings. The molecule has 0 aliphatic rings. The van der Waals surface area contributed by atoms with Gasteiger partial charge in [0.05, 0.1) is 7.11 Å². The highest BCUT2D eigenvalue weighted by Crippen LogP contribution is 2.34. The maximum absolute atomic E-state index is 12.2. The summed E-state index contributed by atoms with van der Waals surface area (Å²) >= 11 is 0. The molecule has 0 aromatic heterocycles. The fourth-order valence-electron chi connectivity index (χ4n) is 1.67. The molecule has 0 bridgehead atoms. The summed E-state index contributed by atoms with van der Waals surface area (Å²) in [5.41, 5.74) is 5.61. The van der Waals surface area contributed by atoms with Gasteiger partial charge in [0, 0.05) is 18.0 Å². The van der Waals surface area contributed by atoms with E-state index in [9.17, 15) is 26.3 Å². The second-order valence-electron chi connectivity index (χ2n) is 4.21. The number of alkyl halides is 6. The number of hydrogen-bond donors (Lipinski definition) is 1. The molecule has 1 rings (SSSR count). The average molecular weight is 317 g/mol. The van der Waals surface area contributed by atoms with Crippen LogP contribution in [0.1, 0.15) is 24.4 Å². The van der Waals surface area contributed by atoms with E-state index in [4.69, 9.17) is 10.5 Å². The molecule has 1 atom stereocenters. The Labute approximate surface area is 116 Å². The third-order valence-corrected chi connectivity index (χ3v) is 2.57. The minimum atomic E-state index is -4.90. The molecule has 3 nitrogen and oxygen atoms in total. The molecule has 2 N–H and O–H groups in total. The first kappa shape index (κ1) is 17.4. The zero-order valence-electron chi connectivity index (χ0n) is 10.9. The first-order valence-corrected chi connectivity index (χ1v) is 5.78. The molecule has 0 aliphatic carbocycles. The van der Waals surface area contributed by atoms with Crippen molar-refractivity contribution < 1.29 is 35.8 Å². The van der Waals surface area contributed by atoms with Crippen molar-refractivity contribution in [1.29, 1.82) is 0 Å². The summed E-state index contributed by atoms with van der Waals surface area (Å²) in [5.74, 6) is -0.472. The van der Waals surface area contributed by atoms with E-state index in [-0.39, 0.29) is 11.3 Å². The Morgan fingerprint density at radius 2 is 1.76 bits per heavy atom. The first-order chi connectivity index (χ1) is 9.52. The highest BCUT2D eigenvalue weighted by Gasteiger charge is 2.32. The van der Waals surface area contributed by atoms with Crippen LogP contribution in [-0.2, 0) is 0 Å². The third-order valence-electron chi connectivity index (χ3n) is 2.57. The number of rotatable bonds is 5. The van der Waals surface area contributed by atoms with Crippen molar-refractivity contribution in [3.05, 3.63) is 23.8 Å². The maximum atomic E-state index is 12.2. The van der Waals surface area contributed by atoms with E-state index in [2.05, 4.69) is 4.74 Å². The molecule has 0 spiro atoms. The first-order valence-electron chi connectivity index (χ1n) is 5.78. The van der Waals surface area contributed by atoms with Gasteiger partial charge < -0.3 is 15.2 Å². The molecule has 21 heavy (non-hydrogen) atoms. The van der Waals surface area contributed by atoms with Crippen molar-refractivity contribution in [1.82, 2.24) is 0 Å². The molecule has 1 aromatic rings. The summed E-state index contributed by atoms with van der Waals surface area (Å²) in [6.07, 6.45) is -10.9. The Morgan fingerprint density at radius 3 is 2.24 bits per heavy atom. The molecule has 0 radical (unpaired) electrons. The van der Waals surface area contributed by atoms with Crippen molar-refractivity contribution in [2.75, 3.05) is 7.11 Å². The lowest BCUT2D eigenvalue weighted by atomic mass is 10.0. The largest absolute Gasteiger partial charge is 0.573 e. The molecule has 0 unspecified atom stereocenters. The summed E-state index contributed by atoms with van der Waals surface area (Å²) in [4.78, 5) is 0. The minimum absolute atomic E-state index is 0.0171. The molecule has 0 saturated heterocycles. The Bertz CT molecular complexity index is 472. The van der Waals surface area contributed by atoms with Gasteiger partial charge in [0.15, 0.2) is 0 Å². The molecule has 0 heterocycles. The van der Waals surface area contributed by atoms with Gasteiger partial charge in [-0.15, -0.1) is 13.2 Å². The summed E-state index contributed by atoms with van der Waals surface area (Å²) in [6.45, 7) is 0. The molecule has 9 heteroatoms. The highest BCUT2D eigenvalue weighted by molar-refractivity contribution is 5.42. The van der Waals surface area contributed by atoms with E-state index in [0.717, 1.165) is 18.2 Å². The molecule has 0 aliphatic heterocycles. The van der Waals surface area contributed by atoms with Crippen LogP contribution in [0.4, 0.5) is 26.3 Å². The average Bonchev–Trinajstić information content (AvgIpc) is 2.33. The fourth-order valence-corrected chi connectivity index (χ4v) is 1.67. The number of halogens is 6. The predicted octanol–water partition coefficient (Wildman–Crippen LogP) is 3.94. The van der Waals surface area contributed by atoms with E-state index < -0.39 is 37.2 Å². The van der Waals surface area contributed by atoms with Gasteiger partial charge >= 0.3 is 12.5 Å². The molecule has 0 amide bonds. The van der Waals surface area contributed by atoms with Crippen LogP contribution in [0.3, 0.4) is 0 Å². The summed E-state index contributed by atoms with van der Waals surface area (Å²) in [5, 5.41) is 0. The monoisotopic (exact) mass is 317 g/mol. The van der Waals surface area contributed by atoms with Gasteiger partial charge in [0.1, 0.15) is 11.5 Å². The Kier molecular flexibility index (Phi) is 5.32. The Balaban J connectivity index is 2.94. The maximum Gasteiger partial charge on any atom is 0.573 e. The van der Waals surface area contributed by atoms with E-state index in [1.165, 1.54) is 7.11 Å². The van der Waals surface area contributed by atoms with Gasteiger partial charge in [-0.1, -0.05) is 0 Å². The van der Waals surface area contributed by atoms with Crippen LogP contribution < -0.4 is 15.2 Å². The van der Waals surface area contributed by atoms with Crippen LogP contribution in [0.15, 0.2) is 18.2 Å². The Hall–Kier alpha value is -1.64. The van der Waals surface area contributed by atoms with Crippen LogP contribution in [0.5, 0.6) is 11.5 Å². The topological polar surface area (TPSA) is 44.5 Å². The van der Waals surface area contributed by atoms with E-state index in [0.29, 0.717) is 0 Å². The quantitative estimate of drug-likeness (QED) is 0.837. The highest BCUT2D eigenvalue weighted by atomic mass is 19.4. The van der Waals surface area contributed by atoms with E-state index in [1.54, 1.807) is 0 Å². The van der Waals surface area contributed by atoms with Gasteiger partial charge in [0.2, 0.25) is 0 Å². The van der Waals surface area contributed by atoms with Crippen molar-refractivity contribution in [2.45, 2.75) is 31.4 Å². The van der Waals surface area contributed by atoms with Crippen molar-refractivity contribution in [3.8, 4) is 11.5 Å². The second-order valence-corrected chi connectivity index (χ2v) is 4.21. The van der Waals surface area contributed by atoms with Gasteiger partial charge in [-0.3, -0.25) is 0 Å². The number of nitrogens with two attached hydrogens (primary N) is 1. The molecular formula is C12H13F6NO2. The van der Waals surface area contributed by atoms with Crippen molar-refractivity contribution >= 4 is 0 Å². The van der Waals surface area contributed by atoms with Gasteiger partial charge in [-0.25, -0.2) is 0 Å². The van der Waals surface area contributed by atoms with Crippen LogP contribution in [0, 0.1) is 0 Å². The number of benzene rings is 1. The lowest BCUT2D eigenvalue weighted by Crippen LogP contribution is -2.19. The molecule has 0 saturated carbocycles. The fraction of sp³-hybridized carbons (Fsp3) is 0.500. The van der Waals surface area contributed by atoms with Crippen molar-refractivity contribution in [3.63, 3.8) is 0 Å². The van der Waals surface area contributed by atoms with Gasteiger partial charge in [0.25, 0.3) is 0 Å². The van der Waals surface area contributed by atoms with E-state index in [1.807, 2.05) is 0 Å². The lowest BCUT2D eigenvalue weighted by Gasteiger charge is -2.18. The smallest absolute Gasteiger partial charge is 0.496 e. The van der Waals surface area contributed by atoms with Gasteiger partial charge in [-0.2, -0.15) is 13.2 Å². The molecule has 120 valence electrons. The Morgan fingerprint density at radius 1 is 1.14 bits per heavy atom. The summed E-state index contributed by atoms with van der Waals surface area (Å²) < 4.78 is 81.4. The van der Waals surface area contributed by atoms with Crippen LogP contribution in [0.2, 0.25) is 0 Å². The standard InChI is InChI=1S/C12H13F6NO2/c1-20-10-3-2-7(21-12(16,17)18)6-8(10)9(19)4-5-11(13,14)15/h2-3,6,9H,4-5,19H2,1H3/t9-/m0/s1. The predicted molar refractivity (Wildman–Crippen MR) is 61.9 cm³/mol. The van der Waals surface area contributed by atoms with Gasteiger partial charge in [-0.05, 0) is 24.6 Å². The molecular weight excluding hydrogens is 304 g/mol.